The van der Waals surface area contributed by atoms with Crippen molar-refractivity contribution in [3.63, 3.8) is 0 Å². The molecule has 0 spiro atoms. The lowest BCUT2D eigenvalue weighted by Crippen LogP contribution is -2.18. The van der Waals surface area contributed by atoms with Crippen molar-refractivity contribution in [2.45, 2.75) is 46.0 Å². The van der Waals surface area contributed by atoms with Crippen LogP contribution in [0.4, 0.5) is 0 Å². The molecule has 0 atom stereocenters. The van der Waals surface area contributed by atoms with Crippen molar-refractivity contribution < 1.29 is 9.53 Å². The third-order valence-corrected chi connectivity index (χ3v) is 1.92. The van der Waals surface area contributed by atoms with E-state index in [0.717, 1.165) is 25.9 Å². The van der Waals surface area contributed by atoms with Gasteiger partial charge in [-0.1, -0.05) is 20.3 Å². The van der Waals surface area contributed by atoms with E-state index in [4.69, 9.17) is 4.74 Å². The first-order valence-electron chi connectivity index (χ1n) is 5.67. The van der Waals surface area contributed by atoms with Gasteiger partial charge >= 0.3 is 5.97 Å². The maximum atomic E-state index is 10.9. The van der Waals surface area contributed by atoms with Gasteiger partial charge in [-0.15, -0.1) is 0 Å². The summed E-state index contributed by atoms with van der Waals surface area (Å²) in [5, 5.41) is 3.30. The lowest BCUT2D eigenvalue weighted by molar-refractivity contribution is -0.143. The highest BCUT2D eigenvalue weighted by atomic mass is 16.5. The molecule has 0 amide bonds. The fraction of sp³-hybridized carbons (Fsp3) is 0.909. The minimum absolute atomic E-state index is 0.0685. The number of nitrogens with one attached hydrogen (secondary N) is 1. The highest BCUT2D eigenvalue weighted by Gasteiger charge is 1.98. The van der Waals surface area contributed by atoms with Crippen molar-refractivity contribution in [1.29, 1.82) is 0 Å². The van der Waals surface area contributed by atoms with E-state index in [2.05, 4.69) is 12.2 Å². The van der Waals surface area contributed by atoms with Crippen LogP contribution in [-0.2, 0) is 9.53 Å². The number of esters is 1. The molecule has 0 heterocycles. The minimum Gasteiger partial charge on any atom is -0.466 e. The van der Waals surface area contributed by atoms with Crippen LogP contribution in [0.5, 0.6) is 0 Å². The summed E-state index contributed by atoms with van der Waals surface area (Å²) in [4.78, 5) is 10.9. The van der Waals surface area contributed by atoms with E-state index >= 15 is 0 Å². The standard InChI is InChI=1S/C11H23NO2/c1-3-5-8-12-9-6-10-14-11(13)7-4-2/h12H,3-10H2,1-2H3. The van der Waals surface area contributed by atoms with Crippen LogP contribution in [-0.4, -0.2) is 25.7 Å². The molecular weight excluding hydrogens is 178 g/mol. The average molecular weight is 201 g/mol. The molecule has 0 fully saturated rings. The van der Waals surface area contributed by atoms with Gasteiger partial charge in [0.25, 0.3) is 0 Å². The molecule has 0 saturated carbocycles. The second-order valence-corrected chi connectivity index (χ2v) is 3.43. The Bertz CT molecular complexity index is 137. The van der Waals surface area contributed by atoms with Gasteiger partial charge in [-0.3, -0.25) is 4.79 Å². The summed E-state index contributed by atoms with van der Waals surface area (Å²) in [6.45, 7) is 6.72. The predicted molar refractivity (Wildman–Crippen MR) is 58.3 cm³/mol. The fourth-order valence-electron chi connectivity index (χ4n) is 1.09. The van der Waals surface area contributed by atoms with Crippen LogP contribution in [0.15, 0.2) is 0 Å². The maximum absolute atomic E-state index is 10.9. The first-order chi connectivity index (χ1) is 6.81. The molecule has 14 heavy (non-hydrogen) atoms. The van der Waals surface area contributed by atoms with Crippen molar-refractivity contribution in [3.8, 4) is 0 Å². The van der Waals surface area contributed by atoms with E-state index in [1.165, 1.54) is 12.8 Å². The number of ether oxygens (including phenoxy) is 1. The van der Waals surface area contributed by atoms with Crippen LogP contribution < -0.4 is 5.32 Å². The number of carbonyl (C=O) groups is 1. The Labute approximate surface area is 87.2 Å². The van der Waals surface area contributed by atoms with Crippen LogP contribution in [0.3, 0.4) is 0 Å². The Morgan fingerprint density at radius 2 is 1.86 bits per heavy atom. The third-order valence-electron chi connectivity index (χ3n) is 1.92. The van der Waals surface area contributed by atoms with Gasteiger partial charge < -0.3 is 10.1 Å². The minimum atomic E-state index is -0.0685. The van der Waals surface area contributed by atoms with Crippen molar-refractivity contribution in [2.75, 3.05) is 19.7 Å². The van der Waals surface area contributed by atoms with Gasteiger partial charge in [0.2, 0.25) is 0 Å². The summed E-state index contributed by atoms with van der Waals surface area (Å²) >= 11 is 0. The molecule has 1 N–H and O–H groups in total. The zero-order valence-electron chi connectivity index (χ0n) is 9.47. The van der Waals surface area contributed by atoms with Gasteiger partial charge in [-0.25, -0.2) is 0 Å². The monoisotopic (exact) mass is 201 g/mol. The molecule has 3 heteroatoms. The van der Waals surface area contributed by atoms with Gasteiger partial charge in [-0.05, 0) is 32.4 Å². The zero-order chi connectivity index (χ0) is 10.6. The van der Waals surface area contributed by atoms with Gasteiger partial charge in [-0.2, -0.15) is 0 Å². The lowest BCUT2D eigenvalue weighted by Gasteiger charge is -2.05. The molecular formula is C11H23NO2. The molecule has 0 aliphatic carbocycles. The molecule has 0 aromatic heterocycles. The van der Waals surface area contributed by atoms with E-state index in [0.29, 0.717) is 13.0 Å². The molecule has 0 unspecified atom stereocenters. The molecule has 0 aliphatic heterocycles. The lowest BCUT2D eigenvalue weighted by atomic mass is 10.3. The Kier molecular flexibility index (Phi) is 10.1. The highest BCUT2D eigenvalue weighted by molar-refractivity contribution is 5.69. The van der Waals surface area contributed by atoms with Crippen molar-refractivity contribution in [3.05, 3.63) is 0 Å². The van der Waals surface area contributed by atoms with E-state index in [1.807, 2.05) is 6.92 Å². The highest BCUT2D eigenvalue weighted by Crippen LogP contribution is 1.92. The number of hydrogen-bond donors (Lipinski definition) is 1. The Hall–Kier alpha value is -0.570. The van der Waals surface area contributed by atoms with Crippen LogP contribution in [0.1, 0.15) is 46.0 Å². The predicted octanol–water partition coefficient (Wildman–Crippen LogP) is 2.11. The molecule has 0 saturated heterocycles. The van der Waals surface area contributed by atoms with Crippen LogP contribution in [0.25, 0.3) is 0 Å². The topological polar surface area (TPSA) is 38.3 Å². The molecule has 0 bridgehead atoms. The normalized spacial score (nSPS) is 10.1. The Morgan fingerprint density at radius 3 is 2.50 bits per heavy atom. The maximum Gasteiger partial charge on any atom is 0.305 e. The number of unbranched alkanes of at least 4 members (excludes halogenated alkanes) is 1. The summed E-state index contributed by atoms with van der Waals surface area (Å²) in [6, 6.07) is 0. The van der Waals surface area contributed by atoms with Gasteiger partial charge in [0.1, 0.15) is 0 Å². The zero-order valence-corrected chi connectivity index (χ0v) is 9.47. The van der Waals surface area contributed by atoms with Crippen LogP contribution in [0, 0.1) is 0 Å². The van der Waals surface area contributed by atoms with E-state index in [9.17, 15) is 4.79 Å². The number of rotatable bonds is 9. The van der Waals surface area contributed by atoms with Gasteiger partial charge in [0.15, 0.2) is 0 Å². The number of carbonyl (C=O) groups excluding carboxylic acids is 1. The van der Waals surface area contributed by atoms with Gasteiger partial charge in [0.05, 0.1) is 6.61 Å². The summed E-state index contributed by atoms with van der Waals surface area (Å²) in [5.41, 5.74) is 0. The largest absolute Gasteiger partial charge is 0.466 e. The van der Waals surface area contributed by atoms with E-state index < -0.39 is 0 Å². The molecule has 3 nitrogen and oxygen atoms in total. The van der Waals surface area contributed by atoms with E-state index in [-0.39, 0.29) is 5.97 Å². The fourth-order valence-corrected chi connectivity index (χ4v) is 1.09. The first-order valence-corrected chi connectivity index (χ1v) is 5.67. The molecule has 0 aromatic carbocycles. The van der Waals surface area contributed by atoms with Crippen molar-refractivity contribution >= 4 is 5.97 Å². The summed E-state index contributed by atoms with van der Waals surface area (Å²) in [7, 11) is 0. The number of hydrogen-bond acceptors (Lipinski definition) is 3. The Morgan fingerprint density at radius 1 is 1.14 bits per heavy atom. The quantitative estimate of drug-likeness (QED) is 0.458. The SMILES string of the molecule is CCCCNCCCOC(=O)CCC. The second-order valence-electron chi connectivity index (χ2n) is 3.43. The summed E-state index contributed by atoms with van der Waals surface area (Å²) < 4.78 is 5.01. The third kappa shape index (κ3) is 9.52. The molecule has 0 aromatic rings. The Balaban J connectivity index is 3.01. The van der Waals surface area contributed by atoms with E-state index in [1.54, 1.807) is 0 Å². The first kappa shape index (κ1) is 13.4. The smallest absolute Gasteiger partial charge is 0.305 e. The average Bonchev–Trinajstić information content (AvgIpc) is 2.17. The van der Waals surface area contributed by atoms with Crippen molar-refractivity contribution in [2.24, 2.45) is 0 Å². The molecule has 84 valence electrons. The van der Waals surface area contributed by atoms with Gasteiger partial charge in [0, 0.05) is 6.42 Å². The second kappa shape index (κ2) is 10.5. The molecule has 0 radical (unpaired) electrons. The van der Waals surface area contributed by atoms with Crippen LogP contribution in [0.2, 0.25) is 0 Å². The van der Waals surface area contributed by atoms with Crippen molar-refractivity contribution in [1.82, 2.24) is 5.32 Å². The molecule has 0 aliphatic rings. The summed E-state index contributed by atoms with van der Waals surface area (Å²) in [5.74, 6) is -0.0685. The van der Waals surface area contributed by atoms with Crippen LogP contribution >= 0.6 is 0 Å². The summed E-state index contributed by atoms with van der Waals surface area (Å²) in [6.07, 6.45) is 4.77. The molecule has 0 rings (SSSR count).